The van der Waals surface area contributed by atoms with Crippen LogP contribution in [-0.4, -0.2) is 16.1 Å². The Hall–Kier alpha value is -2.59. The van der Waals surface area contributed by atoms with Crippen LogP contribution >= 0.6 is 11.6 Å². The van der Waals surface area contributed by atoms with Gasteiger partial charge in [0.05, 0.1) is 6.04 Å². The van der Waals surface area contributed by atoms with Crippen molar-refractivity contribution in [3.8, 4) is 0 Å². The summed E-state index contributed by atoms with van der Waals surface area (Å²) >= 11 is 6.17. The molecule has 0 saturated heterocycles. The predicted molar refractivity (Wildman–Crippen MR) is 116 cm³/mol. The topological polar surface area (TPSA) is 57.8 Å². The Morgan fingerprint density at radius 3 is 2.83 bits per heavy atom. The number of rotatable bonds is 5. The smallest absolute Gasteiger partial charge is 0.272 e. The average Bonchev–Trinajstić information content (AvgIpc) is 3.05. The number of benzene rings is 2. The minimum Gasteiger partial charge on any atom is -0.344 e. The van der Waals surface area contributed by atoms with Crippen molar-refractivity contribution in [3.05, 3.63) is 87.7 Å². The number of halogens is 1. The molecule has 0 radical (unpaired) electrons. The normalized spacial score (nSPS) is 17.2. The van der Waals surface area contributed by atoms with Gasteiger partial charge in [0.25, 0.3) is 5.91 Å². The van der Waals surface area contributed by atoms with Crippen LogP contribution in [0.2, 0.25) is 5.02 Å². The van der Waals surface area contributed by atoms with Gasteiger partial charge in [-0.1, -0.05) is 60.5 Å². The van der Waals surface area contributed by atoms with Crippen LogP contribution in [-0.2, 0) is 12.8 Å². The lowest BCUT2D eigenvalue weighted by Gasteiger charge is -2.15. The summed E-state index contributed by atoms with van der Waals surface area (Å²) in [7, 11) is 0. The van der Waals surface area contributed by atoms with Crippen molar-refractivity contribution in [1.82, 2.24) is 15.5 Å². The fraction of sp³-hybridized carbons (Fsp3) is 0.333. The molecule has 29 heavy (non-hydrogen) atoms. The lowest BCUT2D eigenvalue weighted by molar-refractivity contribution is 0.0934. The number of aromatic amines is 1. The molecule has 0 bridgehead atoms. The lowest BCUT2D eigenvalue weighted by Crippen LogP contribution is -2.27. The van der Waals surface area contributed by atoms with Gasteiger partial charge in [-0.15, -0.1) is 0 Å². The highest BCUT2D eigenvalue weighted by Gasteiger charge is 2.27. The summed E-state index contributed by atoms with van der Waals surface area (Å²) < 4.78 is 0. The summed E-state index contributed by atoms with van der Waals surface area (Å²) in [6.45, 7) is 2.00. The number of aromatic nitrogens is 2. The number of amides is 1. The van der Waals surface area contributed by atoms with E-state index in [1.54, 1.807) is 0 Å². The quantitative estimate of drug-likeness (QED) is 0.540. The second kappa shape index (κ2) is 8.83. The fourth-order valence-corrected chi connectivity index (χ4v) is 4.45. The molecule has 1 aliphatic rings. The van der Waals surface area contributed by atoms with Crippen LogP contribution in [0.1, 0.15) is 71.0 Å². The number of hydrogen-bond donors (Lipinski definition) is 2. The van der Waals surface area contributed by atoms with E-state index < -0.39 is 0 Å². The molecule has 0 fully saturated rings. The molecule has 2 N–H and O–H groups in total. The molecule has 4 rings (SSSR count). The van der Waals surface area contributed by atoms with Crippen LogP contribution in [0.15, 0.2) is 54.6 Å². The second-order valence-corrected chi connectivity index (χ2v) is 8.28. The van der Waals surface area contributed by atoms with Gasteiger partial charge in [0, 0.05) is 22.2 Å². The van der Waals surface area contributed by atoms with E-state index in [4.69, 9.17) is 11.6 Å². The van der Waals surface area contributed by atoms with Gasteiger partial charge in [-0.2, -0.15) is 5.10 Å². The van der Waals surface area contributed by atoms with Gasteiger partial charge in [-0.25, -0.2) is 0 Å². The minimum atomic E-state index is -0.109. The molecule has 1 heterocycles. The van der Waals surface area contributed by atoms with E-state index in [1.807, 2.05) is 55.5 Å². The molecular formula is C24H26ClN3O. The highest BCUT2D eigenvalue weighted by molar-refractivity contribution is 6.30. The van der Waals surface area contributed by atoms with Crippen molar-refractivity contribution in [1.29, 1.82) is 0 Å². The Balaban J connectivity index is 1.54. The Morgan fingerprint density at radius 1 is 1.21 bits per heavy atom. The van der Waals surface area contributed by atoms with Crippen molar-refractivity contribution in [2.45, 2.75) is 51.0 Å². The van der Waals surface area contributed by atoms with Crippen LogP contribution < -0.4 is 5.32 Å². The zero-order valence-electron chi connectivity index (χ0n) is 16.6. The van der Waals surface area contributed by atoms with Gasteiger partial charge in [0.2, 0.25) is 0 Å². The maximum atomic E-state index is 13.0. The van der Waals surface area contributed by atoms with Gasteiger partial charge in [0.15, 0.2) is 5.69 Å². The molecule has 1 aromatic heterocycles. The summed E-state index contributed by atoms with van der Waals surface area (Å²) in [5.41, 5.74) is 5.03. The standard InChI is InChI=1S/C24H26ClN3O/c1-16(18-9-3-2-4-10-18)26-24(29)23-21-13-6-5-11-19(22(21)27-28-23)14-17-8-7-12-20(25)15-17/h2-4,7-10,12,15-16,19H,5-6,11,13-14H2,1H3,(H,26,29)(H,27,28)/t16-,19?/m1/s1. The van der Waals surface area contributed by atoms with E-state index in [0.29, 0.717) is 11.6 Å². The van der Waals surface area contributed by atoms with Crippen molar-refractivity contribution in [3.63, 3.8) is 0 Å². The zero-order valence-corrected chi connectivity index (χ0v) is 17.4. The number of hydrogen-bond acceptors (Lipinski definition) is 2. The van der Waals surface area contributed by atoms with E-state index >= 15 is 0 Å². The molecule has 2 aromatic carbocycles. The Bertz CT molecular complexity index is 983. The van der Waals surface area contributed by atoms with E-state index in [0.717, 1.165) is 53.9 Å². The van der Waals surface area contributed by atoms with E-state index in [9.17, 15) is 4.79 Å². The molecule has 0 aliphatic heterocycles. The van der Waals surface area contributed by atoms with E-state index in [1.165, 1.54) is 5.56 Å². The summed E-state index contributed by atoms with van der Waals surface area (Å²) in [4.78, 5) is 13.0. The van der Waals surface area contributed by atoms with Crippen molar-refractivity contribution >= 4 is 17.5 Å². The first-order valence-corrected chi connectivity index (χ1v) is 10.7. The van der Waals surface area contributed by atoms with Gasteiger partial charge in [0.1, 0.15) is 0 Å². The van der Waals surface area contributed by atoms with Crippen LogP contribution in [0, 0.1) is 0 Å². The maximum absolute atomic E-state index is 13.0. The first-order valence-electron chi connectivity index (χ1n) is 10.3. The summed E-state index contributed by atoms with van der Waals surface area (Å²) in [6.07, 6.45) is 5.10. The van der Waals surface area contributed by atoms with E-state index in [2.05, 4.69) is 21.6 Å². The number of nitrogens with zero attached hydrogens (tertiary/aromatic N) is 1. The molecule has 5 heteroatoms. The average molecular weight is 408 g/mol. The molecular weight excluding hydrogens is 382 g/mol. The molecule has 150 valence electrons. The van der Waals surface area contributed by atoms with Gasteiger partial charge in [-0.05, 0) is 55.9 Å². The van der Waals surface area contributed by atoms with E-state index in [-0.39, 0.29) is 11.9 Å². The summed E-state index contributed by atoms with van der Waals surface area (Å²) in [5, 5.41) is 11.5. The number of H-pyrrole nitrogens is 1. The van der Waals surface area contributed by atoms with Crippen molar-refractivity contribution in [2.75, 3.05) is 0 Å². The number of nitrogens with one attached hydrogen (secondary N) is 2. The van der Waals surface area contributed by atoms with Crippen molar-refractivity contribution < 1.29 is 4.79 Å². The Kier molecular flexibility index (Phi) is 6.00. The predicted octanol–water partition coefficient (Wildman–Crippen LogP) is 5.61. The number of carbonyl (C=O) groups excluding carboxylic acids is 1. The van der Waals surface area contributed by atoms with Gasteiger partial charge >= 0.3 is 0 Å². The number of carbonyl (C=O) groups is 1. The van der Waals surface area contributed by atoms with Gasteiger partial charge < -0.3 is 5.32 Å². The second-order valence-electron chi connectivity index (χ2n) is 7.85. The van der Waals surface area contributed by atoms with Crippen LogP contribution in [0.5, 0.6) is 0 Å². The Labute approximate surface area is 176 Å². The zero-order chi connectivity index (χ0) is 20.2. The molecule has 0 spiro atoms. The molecule has 1 aliphatic carbocycles. The molecule has 3 aromatic rings. The molecule has 1 amide bonds. The largest absolute Gasteiger partial charge is 0.344 e. The highest BCUT2D eigenvalue weighted by atomic mass is 35.5. The van der Waals surface area contributed by atoms with Crippen molar-refractivity contribution in [2.24, 2.45) is 0 Å². The van der Waals surface area contributed by atoms with Crippen LogP contribution in [0.25, 0.3) is 0 Å². The van der Waals surface area contributed by atoms with Crippen LogP contribution in [0.3, 0.4) is 0 Å². The third kappa shape index (κ3) is 4.54. The van der Waals surface area contributed by atoms with Gasteiger partial charge in [-0.3, -0.25) is 9.89 Å². The third-order valence-corrected chi connectivity index (χ3v) is 6.01. The first kappa shape index (κ1) is 19.7. The SMILES string of the molecule is C[C@@H](NC(=O)c1n[nH]c2c1CCCCC2Cc1cccc(Cl)c1)c1ccccc1. The monoisotopic (exact) mass is 407 g/mol. The highest BCUT2D eigenvalue weighted by Crippen LogP contribution is 2.33. The Morgan fingerprint density at radius 2 is 2.03 bits per heavy atom. The molecule has 0 saturated carbocycles. The maximum Gasteiger partial charge on any atom is 0.272 e. The fourth-order valence-electron chi connectivity index (χ4n) is 4.24. The van der Waals surface area contributed by atoms with Crippen LogP contribution in [0.4, 0.5) is 0 Å². The molecule has 4 nitrogen and oxygen atoms in total. The first-order chi connectivity index (χ1) is 14.1. The summed E-state index contributed by atoms with van der Waals surface area (Å²) in [6, 6.07) is 18.0. The minimum absolute atomic E-state index is 0.0657. The molecule has 1 unspecified atom stereocenters. The lowest BCUT2D eigenvalue weighted by atomic mass is 9.91. The number of fused-ring (bicyclic) bond motifs is 1. The summed E-state index contributed by atoms with van der Waals surface area (Å²) in [5.74, 6) is 0.217. The molecule has 2 atom stereocenters. The third-order valence-electron chi connectivity index (χ3n) is 5.77.